The van der Waals surface area contributed by atoms with Gasteiger partial charge >= 0.3 is 0 Å². The van der Waals surface area contributed by atoms with Gasteiger partial charge in [-0.2, -0.15) is 0 Å². The third kappa shape index (κ3) is 3.46. The fraction of sp³-hybridized carbons (Fsp3) is 0.571. The van der Waals surface area contributed by atoms with Crippen LogP contribution in [0.2, 0.25) is 5.02 Å². The highest BCUT2D eigenvalue weighted by Gasteiger charge is 2.38. The van der Waals surface area contributed by atoms with E-state index < -0.39 is 0 Å². The molecular weight excluding hydrogens is 298 g/mol. The van der Waals surface area contributed by atoms with Gasteiger partial charge in [0.1, 0.15) is 0 Å². The fourth-order valence-corrected chi connectivity index (χ4v) is 3.22. The topological polar surface area (TPSA) is 12.0 Å². The molecule has 0 aliphatic heterocycles. The Kier molecular flexibility index (Phi) is 4.51. The van der Waals surface area contributed by atoms with Gasteiger partial charge in [-0.1, -0.05) is 47.4 Å². The number of hydrogen-bond donors (Lipinski definition) is 1. The third-order valence-electron chi connectivity index (χ3n) is 3.61. The van der Waals surface area contributed by atoms with E-state index in [2.05, 4.69) is 47.2 Å². The summed E-state index contributed by atoms with van der Waals surface area (Å²) in [7, 11) is 0. The van der Waals surface area contributed by atoms with Crippen molar-refractivity contribution in [3.05, 3.63) is 33.3 Å². The van der Waals surface area contributed by atoms with Crippen LogP contribution in [0, 0.1) is 11.8 Å². The molecular formula is C14H19BrClN. The Labute approximate surface area is 117 Å². The predicted molar refractivity (Wildman–Crippen MR) is 77.6 cm³/mol. The molecule has 3 unspecified atom stereocenters. The van der Waals surface area contributed by atoms with Crippen molar-refractivity contribution in [1.29, 1.82) is 0 Å². The minimum Gasteiger partial charge on any atom is -0.314 e. The van der Waals surface area contributed by atoms with Crippen molar-refractivity contribution in [3.8, 4) is 0 Å². The fourth-order valence-electron chi connectivity index (χ4n) is 2.47. The van der Waals surface area contributed by atoms with Crippen LogP contribution < -0.4 is 5.32 Å². The standard InChI is InChI=1S/C14H19BrClN/c1-3-17-14(12-6-9(12)2)7-10-4-5-11(15)8-13(10)16/h4-5,8-9,12,14,17H,3,6-7H2,1-2H3. The highest BCUT2D eigenvalue weighted by molar-refractivity contribution is 9.10. The van der Waals surface area contributed by atoms with Crippen LogP contribution in [0.4, 0.5) is 0 Å². The Morgan fingerprint density at radius 1 is 1.53 bits per heavy atom. The van der Waals surface area contributed by atoms with E-state index in [0.717, 1.165) is 34.3 Å². The van der Waals surface area contributed by atoms with Gasteiger partial charge in [-0.3, -0.25) is 0 Å². The number of likely N-dealkylation sites (N-methyl/N-ethyl adjacent to an activating group) is 1. The van der Waals surface area contributed by atoms with Crippen molar-refractivity contribution in [2.45, 2.75) is 32.7 Å². The molecule has 3 atom stereocenters. The van der Waals surface area contributed by atoms with Crippen LogP contribution >= 0.6 is 27.5 Å². The normalized spacial score (nSPS) is 24.7. The molecule has 1 N–H and O–H groups in total. The maximum atomic E-state index is 6.28. The monoisotopic (exact) mass is 315 g/mol. The second-order valence-electron chi connectivity index (χ2n) is 4.98. The van der Waals surface area contributed by atoms with Crippen LogP contribution in [0.5, 0.6) is 0 Å². The molecule has 1 aliphatic rings. The quantitative estimate of drug-likeness (QED) is 0.855. The molecule has 1 aromatic carbocycles. The molecule has 0 radical (unpaired) electrons. The van der Waals surface area contributed by atoms with Crippen LogP contribution in [0.3, 0.4) is 0 Å². The summed E-state index contributed by atoms with van der Waals surface area (Å²) in [6.45, 7) is 5.53. The zero-order chi connectivity index (χ0) is 12.4. The van der Waals surface area contributed by atoms with Gasteiger partial charge in [-0.25, -0.2) is 0 Å². The molecule has 2 rings (SSSR count). The van der Waals surface area contributed by atoms with E-state index in [1.807, 2.05) is 6.07 Å². The Morgan fingerprint density at radius 3 is 2.76 bits per heavy atom. The maximum absolute atomic E-state index is 6.28. The van der Waals surface area contributed by atoms with E-state index in [-0.39, 0.29) is 0 Å². The molecule has 0 spiro atoms. The van der Waals surface area contributed by atoms with Gasteiger partial charge in [-0.05, 0) is 48.9 Å². The molecule has 94 valence electrons. The molecule has 17 heavy (non-hydrogen) atoms. The first-order chi connectivity index (χ1) is 8.11. The van der Waals surface area contributed by atoms with Crippen LogP contribution in [-0.4, -0.2) is 12.6 Å². The van der Waals surface area contributed by atoms with E-state index in [1.54, 1.807) is 0 Å². The number of nitrogens with one attached hydrogen (secondary N) is 1. The molecule has 0 saturated heterocycles. The molecule has 1 aliphatic carbocycles. The van der Waals surface area contributed by atoms with Crippen molar-refractivity contribution < 1.29 is 0 Å². The summed E-state index contributed by atoms with van der Waals surface area (Å²) >= 11 is 9.72. The second kappa shape index (κ2) is 5.73. The first-order valence-corrected chi connectivity index (χ1v) is 7.46. The number of rotatable bonds is 5. The number of halogens is 2. The van der Waals surface area contributed by atoms with Crippen molar-refractivity contribution in [2.24, 2.45) is 11.8 Å². The lowest BCUT2D eigenvalue weighted by Crippen LogP contribution is -2.33. The van der Waals surface area contributed by atoms with Crippen LogP contribution in [0.25, 0.3) is 0 Å². The third-order valence-corrected chi connectivity index (χ3v) is 4.45. The minimum atomic E-state index is 0.577. The first kappa shape index (κ1) is 13.4. The van der Waals surface area contributed by atoms with Crippen LogP contribution in [0.15, 0.2) is 22.7 Å². The Hall–Kier alpha value is -0.0500. The SMILES string of the molecule is CCNC(Cc1ccc(Br)cc1Cl)C1CC1C. The summed E-state index contributed by atoms with van der Waals surface area (Å²) in [5.74, 6) is 1.70. The van der Waals surface area contributed by atoms with E-state index >= 15 is 0 Å². The summed E-state index contributed by atoms with van der Waals surface area (Å²) in [4.78, 5) is 0. The van der Waals surface area contributed by atoms with Crippen molar-refractivity contribution in [3.63, 3.8) is 0 Å². The van der Waals surface area contributed by atoms with E-state index in [0.29, 0.717) is 6.04 Å². The Morgan fingerprint density at radius 2 is 2.24 bits per heavy atom. The van der Waals surface area contributed by atoms with Gasteiger partial charge in [0.05, 0.1) is 0 Å². The molecule has 3 heteroatoms. The van der Waals surface area contributed by atoms with Crippen LogP contribution in [0.1, 0.15) is 25.8 Å². The van der Waals surface area contributed by atoms with Crippen molar-refractivity contribution >= 4 is 27.5 Å². The molecule has 1 nitrogen and oxygen atoms in total. The smallest absolute Gasteiger partial charge is 0.0449 e. The molecule has 1 saturated carbocycles. The zero-order valence-electron chi connectivity index (χ0n) is 10.3. The van der Waals surface area contributed by atoms with E-state index in [9.17, 15) is 0 Å². The van der Waals surface area contributed by atoms with Gasteiger partial charge in [0.2, 0.25) is 0 Å². The number of hydrogen-bond acceptors (Lipinski definition) is 1. The van der Waals surface area contributed by atoms with Gasteiger partial charge < -0.3 is 5.32 Å². The highest BCUT2D eigenvalue weighted by Crippen LogP contribution is 2.42. The lowest BCUT2D eigenvalue weighted by Gasteiger charge is -2.18. The zero-order valence-corrected chi connectivity index (χ0v) is 12.7. The average molecular weight is 317 g/mol. The molecule has 0 aromatic heterocycles. The van der Waals surface area contributed by atoms with Crippen LogP contribution in [-0.2, 0) is 6.42 Å². The lowest BCUT2D eigenvalue weighted by atomic mass is 10.0. The largest absolute Gasteiger partial charge is 0.314 e. The number of benzene rings is 1. The van der Waals surface area contributed by atoms with E-state index in [4.69, 9.17) is 11.6 Å². The molecule has 1 fully saturated rings. The van der Waals surface area contributed by atoms with Gasteiger partial charge in [0, 0.05) is 15.5 Å². The maximum Gasteiger partial charge on any atom is 0.0449 e. The second-order valence-corrected chi connectivity index (χ2v) is 6.30. The van der Waals surface area contributed by atoms with Crippen molar-refractivity contribution in [1.82, 2.24) is 5.32 Å². The summed E-state index contributed by atoms with van der Waals surface area (Å²) in [6, 6.07) is 6.76. The summed E-state index contributed by atoms with van der Waals surface area (Å²) in [6.07, 6.45) is 2.39. The first-order valence-electron chi connectivity index (χ1n) is 6.29. The summed E-state index contributed by atoms with van der Waals surface area (Å²) in [5, 5.41) is 4.47. The molecule has 0 heterocycles. The molecule has 0 amide bonds. The van der Waals surface area contributed by atoms with Gasteiger partial charge in [-0.15, -0.1) is 0 Å². The van der Waals surface area contributed by atoms with E-state index in [1.165, 1.54) is 12.0 Å². The summed E-state index contributed by atoms with van der Waals surface area (Å²) in [5.41, 5.74) is 1.25. The Balaban J connectivity index is 2.06. The Bertz CT molecular complexity index is 394. The minimum absolute atomic E-state index is 0.577. The van der Waals surface area contributed by atoms with Crippen molar-refractivity contribution in [2.75, 3.05) is 6.54 Å². The predicted octanol–water partition coefficient (Wildman–Crippen LogP) is 4.28. The summed E-state index contributed by atoms with van der Waals surface area (Å²) < 4.78 is 1.05. The van der Waals surface area contributed by atoms with Gasteiger partial charge in [0.15, 0.2) is 0 Å². The van der Waals surface area contributed by atoms with Gasteiger partial charge in [0.25, 0.3) is 0 Å². The molecule has 1 aromatic rings. The highest BCUT2D eigenvalue weighted by atomic mass is 79.9. The average Bonchev–Trinajstić information content (AvgIpc) is 2.98. The molecule has 0 bridgehead atoms. The lowest BCUT2D eigenvalue weighted by molar-refractivity contribution is 0.454.